The molecule has 1 aliphatic carbocycles. The van der Waals surface area contributed by atoms with Gasteiger partial charge in [-0.25, -0.2) is 4.79 Å². The topological polar surface area (TPSA) is 92.4 Å². The molecule has 0 bridgehead atoms. The number of benzene rings is 2. The number of carbonyl (C=O) groups is 2. The molecule has 0 spiro atoms. The smallest absolute Gasteiger partial charge is 0.341 e. The summed E-state index contributed by atoms with van der Waals surface area (Å²) in [5, 5.41) is 14.3. The molecule has 0 fully saturated rings. The highest BCUT2D eigenvalue weighted by Crippen LogP contribution is 2.39. The maximum Gasteiger partial charge on any atom is 0.341 e. The number of amides is 1. The summed E-state index contributed by atoms with van der Waals surface area (Å²) in [5.74, 6) is -0.897. The summed E-state index contributed by atoms with van der Waals surface area (Å²) >= 11 is 1.41. The lowest BCUT2D eigenvalue weighted by Gasteiger charge is -2.09. The molecule has 6 nitrogen and oxygen atoms in total. The molecule has 0 unspecified atom stereocenters. The second kappa shape index (κ2) is 7.67. The fraction of sp³-hybridized carbons (Fsp3) is 0.208. The maximum absolute atomic E-state index is 13.1. The molecule has 31 heavy (non-hydrogen) atoms. The van der Waals surface area contributed by atoms with Crippen LogP contribution in [0.1, 0.15) is 44.5 Å². The number of hydrogen-bond acceptors (Lipinski definition) is 6. The highest BCUT2D eigenvalue weighted by atomic mass is 32.1. The number of carbonyl (C=O) groups excluding carboxylic acids is 2. The Morgan fingerprint density at radius 2 is 2.00 bits per heavy atom. The van der Waals surface area contributed by atoms with Gasteiger partial charge in [-0.1, -0.05) is 30.3 Å². The van der Waals surface area contributed by atoms with E-state index in [4.69, 9.17) is 14.6 Å². The first-order valence-electron chi connectivity index (χ1n) is 10.2. The molecule has 5 rings (SSSR count). The normalized spacial score (nSPS) is 12.8. The number of anilines is 1. The number of ether oxygens (including phenoxy) is 1. The molecule has 0 atom stereocenters. The van der Waals surface area contributed by atoms with Crippen LogP contribution in [0.3, 0.4) is 0 Å². The summed E-state index contributed by atoms with van der Waals surface area (Å²) in [6.45, 7) is 2.03. The first-order chi connectivity index (χ1) is 15.1. The van der Waals surface area contributed by atoms with Crippen molar-refractivity contribution < 1.29 is 18.7 Å². The average molecular weight is 433 g/mol. The zero-order valence-electron chi connectivity index (χ0n) is 16.9. The number of thiophene rings is 1. The lowest BCUT2D eigenvalue weighted by molar-refractivity contribution is 0.0527. The Kier molecular flexibility index (Phi) is 4.82. The number of aryl methyl sites for hydroxylation is 1. The third-order valence-electron chi connectivity index (χ3n) is 5.55. The highest BCUT2D eigenvalue weighted by Gasteiger charge is 2.29. The molecule has 2 heterocycles. The summed E-state index contributed by atoms with van der Waals surface area (Å²) in [4.78, 5) is 26.8. The van der Waals surface area contributed by atoms with Gasteiger partial charge in [0.1, 0.15) is 16.1 Å². The van der Waals surface area contributed by atoms with Crippen LogP contribution in [-0.4, -0.2) is 18.5 Å². The van der Waals surface area contributed by atoms with Crippen LogP contribution < -0.4 is 10.9 Å². The average Bonchev–Trinajstić information content (AvgIpc) is 3.34. The molecule has 0 aliphatic heterocycles. The van der Waals surface area contributed by atoms with Gasteiger partial charge < -0.3 is 14.5 Å². The first kappa shape index (κ1) is 19.5. The van der Waals surface area contributed by atoms with Gasteiger partial charge in [-0.3, -0.25) is 10.2 Å². The molecule has 7 heteroatoms. The van der Waals surface area contributed by atoms with Crippen LogP contribution in [0.5, 0.6) is 0 Å². The molecule has 0 radical (unpaired) electrons. The van der Waals surface area contributed by atoms with Crippen LogP contribution in [0.2, 0.25) is 0 Å². The van der Waals surface area contributed by atoms with Gasteiger partial charge in [-0.05, 0) is 54.7 Å². The van der Waals surface area contributed by atoms with Gasteiger partial charge >= 0.3 is 5.97 Å². The second-order valence-electron chi connectivity index (χ2n) is 7.42. The van der Waals surface area contributed by atoms with Gasteiger partial charge in [-0.2, -0.15) is 0 Å². The minimum absolute atomic E-state index is 0.118. The van der Waals surface area contributed by atoms with Crippen molar-refractivity contribution in [3.63, 3.8) is 0 Å². The fourth-order valence-corrected chi connectivity index (χ4v) is 5.41. The lowest BCUT2D eigenvalue weighted by Crippen LogP contribution is -2.21. The monoisotopic (exact) mass is 432 g/mol. The largest absolute Gasteiger partial charge is 0.462 e. The number of rotatable bonds is 4. The van der Waals surface area contributed by atoms with Crippen LogP contribution in [0, 0.1) is 5.41 Å². The van der Waals surface area contributed by atoms with Crippen molar-refractivity contribution in [2.45, 2.75) is 26.2 Å². The molecule has 0 saturated heterocycles. The molecule has 2 N–H and O–H groups in total. The predicted molar refractivity (Wildman–Crippen MR) is 120 cm³/mol. The Morgan fingerprint density at radius 1 is 1.16 bits per heavy atom. The van der Waals surface area contributed by atoms with Gasteiger partial charge in [0, 0.05) is 10.3 Å². The zero-order valence-corrected chi connectivity index (χ0v) is 17.7. The van der Waals surface area contributed by atoms with Crippen molar-refractivity contribution in [3.05, 3.63) is 69.6 Å². The molecule has 1 aliphatic rings. The molecule has 2 aromatic carbocycles. The Hall–Kier alpha value is -3.45. The van der Waals surface area contributed by atoms with Gasteiger partial charge in [0.05, 0.1) is 12.2 Å². The van der Waals surface area contributed by atoms with Gasteiger partial charge in [0.25, 0.3) is 5.91 Å². The molecule has 1 amide bonds. The van der Waals surface area contributed by atoms with Gasteiger partial charge in [0.15, 0.2) is 0 Å². The molecule has 4 aromatic rings. The molecular formula is C24H20N2O4S. The zero-order chi connectivity index (χ0) is 21.5. The van der Waals surface area contributed by atoms with E-state index in [0.717, 1.165) is 45.9 Å². The quantitative estimate of drug-likeness (QED) is 0.349. The van der Waals surface area contributed by atoms with Gasteiger partial charge in [-0.15, -0.1) is 11.3 Å². The van der Waals surface area contributed by atoms with E-state index in [1.807, 2.05) is 30.3 Å². The molecule has 156 valence electrons. The summed E-state index contributed by atoms with van der Waals surface area (Å²) in [5.41, 5.74) is 1.86. The van der Waals surface area contributed by atoms with Crippen LogP contribution in [-0.2, 0) is 17.6 Å². The summed E-state index contributed by atoms with van der Waals surface area (Å²) < 4.78 is 10.9. The number of esters is 1. The van der Waals surface area contributed by atoms with E-state index in [1.54, 1.807) is 19.1 Å². The van der Waals surface area contributed by atoms with Crippen LogP contribution in [0.25, 0.3) is 21.7 Å². The van der Waals surface area contributed by atoms with Crippen LogP contribution >= 0.6 is 11.3 Å². The third kappa shape index (κ3) is 3.31. The molecule has 2 aromatic heterocycles. The number of nitrogens with one attached hydrogen (secondary N) is 2. The Labute approximate surface area is 182 Å². The summed E-state index contributed by atoms with van der Waals surface area (Å²) in [6, 6.07) is 13.2. The minimum Gasteiger partial charge on any atom is -0.462 e. The number of hydrogen-bond donors (Lipinski definition) is 2. The standard InChI is InChI=1S/C24H20N2O4S/c1-2-29-24(28)20-15-8-5-9-19(15)31-23(20)26-22(27)17-12-16-14-7-4-3-6-13(14)10-11-18(16)30-21(17)25/h3-4,6-7,10-12,25H,2,5,8-9H2,1H3,(H,26,27). The maximum atomic E-state index is 13.1. The lowest BCUT2D eigenvalue weighted by atomic mass is 10.0. The van der Waals surface area contributed by atoms with Crippen molar-refractivity contribution in [2.75, 3.05) is 11.9 Å². The first-order valence-corrected chi connectivity index (χ1v) is 11.0. The van der Waals surface area contributed by atoms with E-state index in [0.29, 0.717) is 16.1 Å². The Balaban J connectivity index is 1.57. The SMILES string of the molecule is CCOC(=O)c1c(NC(=O)c2cc3c(ccc4ccccc43)oc2=N)sc2c1CCC2. The van der Waals surface area contributed by atoms with E-state index in [-0.39, 0.29) is 17.7 Å². The Morgan fingerprint density at radius 3 is 2.84 bits per heavy atom. The van der Waals surface area contributed by atoms with Crippen LogP contribution in [0.4, 0.5) is 5.00 Å². The van der Waals surface area contributed by atoms with Gasteiger partial charge in [0.2, 0.25) is 5.55 Å². The van der Waals surface area contributed by atoms with E-state index >= 15 is 0 Å². The van der Waals surface area contributed by atoms with Crippen LogP contribution in [0.15, 0.2) is 46.9 Å². The summed E-state index contributed by atoms with van der Waals surface area (Å²) in [7, 11) is 0. The predicted octanol–water partition coefficient (Wildman–Crippen LogP) is 5.04. The Bertz CT molecular complexity index is 1420. The van der Waals surface area contributed by atoms with Crippen molar-refractivity contribution in [1.82, 2.24) is 0 Å². The third-order valence-corrected chi connectivity index (χ3v) is 6.76. The van der Waals surface area contributed by atoms with Crippen molar-refractivity contribution in [3.8, 4) is 0 Å². The van der Waals surface area contributed by atoms with Crippen molar-refractivity contribution in [1.29, 1.82) is 5.41 Å². The van der Waals surface area contributed by atoms with E-state index in [1.165, 1.54) is 11.3 Å². The van der Waals surface area contributed by atoms with Crippen molar-refractivity contribution in [2.24, 2.45) is 0 Å². The van der Waals surface area contributed by atoms with E-state index < -0.39 is 11.9 Å². The minimum atomic E-state index is -0.478. The molecular weight excluding hydrogens is 412 g/mol. The molecule has 0 saturated carbocycles. The number of fused-ring (bicyclic) bond motifs is 4. The van der Waals surface area contributed by atoms with E-state index in [2.05, 4.69) is 5.32 Å². The second-order valence-corrected chi connectivity index (χ2v) is 8.53. The highest BCUT2D eigenvalue weighted by molar-refractivity contribution is 7.17. The van der Waals surface area contributed by atoms with E-state index in [9.17, 15) is 9.59 Å². The van der Waals surface area contributed by atoms with Crippen molar-refractivity contribution >= 4 is 50.0 Å². The summed E-state index contributed by atoms with van der Waals surface area (Å²) in [6.07, 6.45) is 2.69. The fourth-order valence-electron chi connectivity index (χ4n) is 4.14.